The summed E-state index contributed by atoms with van der Waals surface area (Å²) in [4.78, 5) is 0. The van der Waals surface area contributed by atoms with Gasteiger partial charge in [0.15, 0.2) is 0 Å². The number of unbranched alkanes of at least 4 members (excludes halogenated alkanes) is 2. The first-order chi connectivity index (χ1) is 5.27. The van der Waals surface area contributed by atoms with E-state index in [1.165, 1.54) is 12.8 Å². The molecular formula is C9H19NO. The monoisotopic (exact) mass is 157 g/mol. The summed E-state index contributed by atoms with van der Waals surface area (Å²) in [5, 5.41) is 9.68. The van der Waals surface area contributed by atoms with Crippen molar-refractivity contribution in [3.63, 3.8) is 0 Å². The molecule has 1 saturated carbocycles. The Hall–Kier alpha value is -0.0800. The molecule has 2 nitrogen and oxygen atoms in total. The Kier molecular flexibility index (Phi) is 3.34. The first-order valence-corrected chi connectivity index (χ1v) is 4.69. The van der Waals surface area contributed by atoms with Gasteiger partial charge in [-0.15, -0.1) is 0 Å². The van der Waals surface area contributed by atoms with Crippen LogP contribution in [0.5, 0.6) is 0 Å². The number of aliphatic hydroxyl groups is 1. The van der Waals surface area contributed by atoms with Crippen LogP contribution in [0.2, 0.25) is 0 Å². The van der Waals surface area contributed by atoms with Crippen LogP contribution in [0.15, 0.2) is 0 Å². The number of rotatable bonds is 5. The van der Waals surface area contributed by atoms with Gasteiger partial charge in [-0.25, -0.2) is 0 Å². The largest absolute Gasteiger partial charge is 0.390 e. The summed E-state index contributed by atoms with van der Waals surface area (Å²) in [7, 11) is 0. The highest BCUT2D eigenvalue weighted by Gasteiger charge is 2.33. The molecule has 2 heteroatoms. The average molecular weight is 157 g/mol. The van der Waals surface area contributed by atoms with Crippen LogP contribution in [0.1, 0.15) is 44.9 Å². The Labute approximate surface area is 68.8 Å². The van der Waals surface area contributed by atoms with E-state index in [1.807, 2.05) is 0 Å². The van der Waals surface area contributed by atoms with Crippen LogP contribution in [-0.2, 0) is 0 Å². The molecule has 0 aliphatic heterocycles. The van der Waals surface area contributed by atoms with Crippen molar-refractivity contribution in [1.29, 1.82) is 0 Å². The van der Waals surface area contributed by atoms with Crippen molar-refractivity contribution in [2.24, 2.45) is 5.73 Å². The van der Waals surface area contributed by atoms with Gasteiger partial charge in [-0.1, -0.05) is 12.8 Å². The summed E-state index contributed by atoms with van der Waals surface area (Å²) in [5.74, 6) is 0. The second-order valence-corrected chi connectivity index (χ2v) is 3.68. The van der Waals surface area contributed by atoms with E-state index < -0.39 is 0 Å². The Balaban J connectivity index is 1.94. The minimum absolute atomic E-state index is 0.269. The van der Waals surface area contributed by atoms with Gasteiger partial charge in [-0.2, -0.15) is 0 Å². The van der Waals surface area contributed by atoms with E-state index in [2.05, 4.69) is 0 Å². The van der Waals surface area contributed by atoms with Crippen molar-refractivity contribution in [3.8, 4) is 0 Å². The van der Waals surface area contributed by atoms with E-state index in [0.29, 0.717) is 0 Å². The molecule has 0 aromatic rings. The van der Waals surface area contributed by atoms with Gasteiger partial charge < -0.3 is 10.8 Å². The Bertz CT molecular complexity index is 110. The lowest BCUT2D eigenvalue weighted by molar-refractivity contribution is -0.0419. The van der Waals surface area contributed by atoms with E-state index in [1.54, 1.807) is 0 Å². The first kappa shape index (κ1) is 9.01. The predicted molar refractivity (Wildman–Crippen MR) is 46.3 cm³/mol. The van der Waals surface area contributed by atoms with Crippen LogP contribution in [0, 0.1) is 0 Å². The highest BCUT2D eigenvalue weighted by atomic mass is 16.3. The Morgan fingerprint density at radius 2 is 1.91 bits per heavy atom. The van der Waals surface area contributed by atoms with E-state index >= 15 is 0 Å². The fraction of sp³-hybridized carbons (Fsp3) is 1.00. The molecule has 1 rings (SSSR count). The third kappa shape index (κ3) is 2.80. The van der Waals surface area contributed by atoms with Crippen molar-refractivity contribution < 1.29 is 5.11 Å². The minimum Gasteiger partial charge on any atom is -0.390 e. The molecule has 0 bridgehead atoms. The molecule has 0 aromatic heterocycles. The number of nitrogens with two attached hydrogens (primary N) is 1. The highest BCUT2D eigenvalue weighted by Crippen LogP contribution is 2.35. The quantitative estimate of drug-likeness (QED) is 0.593. The molecule has 0 unspecified atom stereocenters. The topological polar surface area (TPSA) is 46.2 Å². The van der Waals surface area contributed by atoms with Crippen LogP contribution >= 0.6 is 0 Å². The summed E-state index contributed by atoms with van der Waals surface area (Å²) < 4.78 is 0. The Morgan fingerprint density at radius 1 is 1.18 bits per heavy atom. The van der Waals surface area contributed by atoms with Crippen LogP contribution in [0.3, 0.4) is 0 Å². The molecule has 1 fully saturated rings. The van der Waals surface area contributed by atoms with E-state index in [0.717, 1.165) is 38.6 Å². The zero-order chi connectivity index (χ0) is 8.16. The summed E-state index contributed by atoms with van der Waals surface area (Å²) in [5.41, 5.74) is 5.09. The van der Waals surface area contributed by atoms with Gasteiger partial charge >= 0.3 is 0 Å². The van der Waals surface area contributed by atoms with Gasteiger partial charge in [0.05, 0.1) is 5.60 Å². The van der Waals surface area contributed by atoms with Crippen molar-refractivity contribution in [3.05, 3.63) is 0 Å². The van der Waals surface area contributed by atoms with E-state index in [-0.39, 0.29) is 5.60 Å². The molecule has 66 valence electrons. The molecule has 0 radical (unpaired) electrons. The average Bonchev–Trinajstić information content (AvgIpc) is 1.95. The van der Waals surface area contributed by atoms with Gasteiger partial charge in [-0.05, 0) is 38.6 Å². The first-order valence-electron chi connectivity index (χ1n) is 4.69. The molecule has 0 atom stereocenters. The molecule has 1 aliphatic carbocycles. The maximum absolute atomic E-state index is 9.68. The maximum Gasteiger partial charge on any atom is 0.0647 e. The summed E-state index contributed by atoms with van der Waals surface area (Å²) in [6, 6.07) is 0. The molecule has 11 heavy (non-hydrogen) atoms. The minimum atomic E-state index is -0.269. The number of hydrogen-bond donors (Lipinski definition) is 2. The second kappa shape index (κ2) is 4.07. The van der Waals surface area contributed by atoms with Crippen molar-refractivity contribution in [1.82, 2.24) is 0 Å². The lowest BCUT2D eigenvalue weighted by Gasteiger charge is -2.36. The summed E-state index contributed by atoms with van der Waals surface area (Å²) in [6.07, 6.45) is 7.69. The summed E-state index contributed by atoms with van der Waals surface area (Å²) in [6.45, 7) is 0.790. The maximum atomic E-state index is 9.68. The van der Waals surface area contributed by atoms with Gasteiger partial charge in [-0.3, -0.25) is 0 Å². The fourth-order valence-electron chi connectivity index (χ4n) is 1.61. The van der Waals surface area contributed by atoms with Crippen LogP contribution in [0.25, 0.3) is 0 Å². The van der Waals surface area contributed by atoms with Crippen molar-refractivity contribution in [2.75, 3.05) is 6.54 Å². The molecular weight excluding hydrogens is 138 g/mol. The molecule has 3 N–H and O–H groups in total. The van der Waals surface area contributed by atoms with E-state index in [4.69, 9.17) is 5.73 Å². The molecule has 0 heterocycles. The van der Waals surface area contributed by atoms with Crippen LogP contribution in [0.4, 0.5) is 0 Å². The van der Waals surface area contributed by atoms with Crippen molar-refractivity contribution >= 4 is 0 Å². The molecule has 0 spiro atoms. The third-order valence-electron chi connectivity index (χ3n) is 2.63. The lowest BCUT2D eigenvalue weighted by atomic mass is 9.77. The molecule has 0 saturated heterocycles. The standard InChI is InChI=1S/C9H19NO/c10-8-3-1-2-5-9(11)6-4-7-9/h11H,1-8,10H2. The molecule has 0 aromatic carbocycles. The molecule has 0 amide bonds. The van der Waals surface area contributed by atoms with Gasteiger partial charge in [0.2, 0.25) is 0 Å². The highest BCUT2D eigenvalue weighted by molar-refractivity contribution is 4.86. The fourth-order valence-corrected chi connectivity index (χ4v) is 1.61. The molecule has 1 aliphatic rings. The lowest BCUT2D eigenvalue weighted by Crippen LogP contribution is -2.36. The summed E-state index contributed by atoms with van der Waals surface area (Å²) >= 11 is 0. The zero-order valence-corrected chi connectivity index (χ0v) is 7.18. The zero-order valence-electron chi connectivity index (χ0n) is 7.18. The number of hydrogen-bond acceptors (Lipinski definition) is 2. The van der Waals surface area contributed by atoms with E-state index in [9.17, 15) is 5.11 Å². The van der Waals surface area contributed by atoms with Gasteiger partial charge in [0.1, 0.15) is 0 Å². The predicted octanol–water partition coefficient (Wildman–Crippen LogP) is 1.42. The Morgan fingerprint density at radius 3 is 2.36 bits per heavy atom. The van der Waals surface area contributed by atoms with Gasteiger partial charge in [0, 0.05) is 0 Å². The van der Waals surface area contributed by atoms with Crippen LogP contribution in [-0.4, -0.2) is 17.3 Å². The van der Waals surface area contributed by atoms with Gasteiger partial charge in [0.25, 0.3) is 0 Å². The van der Waals surface area contributed by atoms with Crippen molar-refractivity contribution in [2.45, 2.75) is 50.5 Å². The SMILES string of the molecule is NCCCCCC1(O)CCC1. The second-order valence-electron chi connectivity index (χ2n) is 3.68. The van der Waals surface area contributed by atoms with Crippen LogP contribution < -0.4 is 5.73 Å². The third-order valence-corrected chi connectivity index (χ3v) is 2.63. The normalized spacial score (nSPS) is 21.3. The smallest absolute Gasteiger partial charge is 0.0647 e.